The standard InChI is InChI=1S/C8H8F2O3S/c9-5-4-6-7(10)2-1-3-8(6)14(11,12)13/h1-3H,4-5H2,(H,11,12,13). The van der Waals surface area contributed by atoms with Gasteiger partial charge in [-0.05, 0) is 12.1 Å². The molecular weight excluding hydrogens is 214 g/mol. The number of alkyl halides is 1. The molecular formula is C8H8F2O3S. The molecule has 0 saturated carbocycles. The maximum Gasteiger partial charge on any atom is 0.294 e. The van der Waals surface area contributed by atoms with Gasteiger partial charge in [0.1, 0.15) is 10.7 Å². The minimum Gasteiger partial charge on any atom is -0.282 e. The van der Waals surface area contributed by atoms with Crippen molar-refractivity contribution in [3.05, 3.63) is 29.6 Å². The molecule has 14 heavy (non-hydrogen) atoms. The second-order valence-electron chi connectivity index (χ2n) is 2.63. The van der Waals surface area contributed by atoms with Crippen molar-refractivity contribution in [1.29, 1.82) is 0 Å². The van der Waals surface area contributed by atoms with Gasteiger partial charge in [0.05, 0.1) is 6.67 Å². The molecule has 0 aliphatic carbocycles. The van der Waals surface area contributed by atoms with Gasteiger partial charge in [0.15, 0.2) is 0 Å². The molecule has 1 rings (SSSR count). The zero-order valence-electron chi connectivity index (χ0n) is 7.07. The van der Waals surface area contributed by atoms with E-state index in [4.69, 9.17) is 4.55 Å². The Morgan fingerprint density at radius 3 is 2.50 bits per heavy atom. The Hall–Kier alpha value is -1.01. The molecule has 3 nitrogen and oxygen atoms in total. The highest BCUT2D eigenvalue weighted by Crippen LogP contribution is 2.19. The second kappa shape index (κ2) is 4.02. The summed E-state index contributed by atoms with van der Waals surface area (Å²) in [6, 6.07) is 3.18. The molecule has 0 aliphatic heterocycles. The van der Waals surface area contributed by atoms with Crippen LogP contribution in [0, 0.1) is 5.82 Å². The van der Waals surface area contributed by atoms with Gasteiger partial charge >= 0.3 is 0 Å². The summed E-state index contributed by atoms with van der Waals surface area (Å²) in [4.78, 5) is -0.574. The highest BCUT2D eigenvalue weighted by atomic mass is 32.2. The normalized spacial score (nSPS) is 11.6. The molecule has 0 fully saturated rings. The molecule has 0 amide bonds. The second-order valence-corrected chi connectivity index (χ2v) is 4.02. The predicted octanol–water partition coefficient (Wildman–Crippen LogP) is 1.58. The Kier molecular flexibility index (Phi) is 3.17. The largest absolute Gasteiger partial charge is 0.294 e. The van der Waals surface area contributed by atoms with E-state index in [9.17, 15) is 17.2 Å². The topological polar surface area (TPSA) is 54.4 Å². The van der Waals surface area contributed by atoms with Crippen LogP contribution in [-0.2, 0) is 16.5 Å². The van der Waals surface area contributed by atoms with Crippen LogP contribution in [0.2, 0.25) is 0 Å². The van der Waals surface area contributed by atoms with Crippen LogP contribution in [0.4, 0.5) is 8.78 Å². The first-order chi connectivity index (χ1) is 6.46. The van der Waals surface area contributed by atoms with Crippen LogP contribution in [0.25, 0.3) is 0 Å². The monoisotopic (exact) mass is 222 g/mol. The van der Waals surface area contributed by atoms with Crippen molar-refractivity contribution in [2.75, 3.05) is 6.67 Å². The van der Waals surface area contributed by atoms with E-state index in [2.05, 4.69) is 0 Å². The number of halogens is 2. The van der Waals surface area contributed by atoms with Gasteiger partial charge in [0.25, 0.3) is 10.1 Å². The molecule has 78 valence electrons. The highest BCUT2D eigenvalue weighted by Gasteiger charge is 2.17. The zero-order valence-corrected chi connectivity index (χ0v) is 7.89. The Morgan fingerprint density at radius 2 is 2.00 bits per heavy atom. The molecule has 0 spiro atoms. The summed E-state index contributed by atoms with van der Waals surface area (Å²) in [5.41, 5.74) is -0.322. The Labute approximate surface area is 80.1 Å². The van der Waals surface area contributed by atoms with E-state index >= 15 is 0 Å². The molecule has 0 atom stereocenters. The third-order valence-corrected chi connectivity index (χ3v) is 2.64. The summed E-state index contributed by atoms with van der Waals surface area (Å²) < 4.78 is 55.2. The smallest absolute Gasteiger partial charge is 0.282 e. The summed E-state index contributed by atoms with van der Waals surface area (Å²) in [6.45, 7) is -0.885. The van der Waals surface area contributed by atoms with E-state index in [1.807, 2.05) is 0 Å². The number of hydrogen-bond donors (Lipinski definition) is 1. The molecule has 0 aliphatic rings. The fourth-order valence-corrected chi connectivity index (χ4v) is 1.88. The zero-order chi connectivity index (χ0) is 10.8. The van der Waals surface area contributed by atoms with Crippen LogP contribution >= 0.6 is 0 Å². The Morgan fingerprint density at radius 1 is 1.36 bits per heavy atom. The van der Waals surface area contributed by atoms with Crippen LogP contribution in [0.3, 0.4) is 0 Å². The van der Waals surface area contributed by atoms with Gasteiger partial charge in [-0.3, -0.25) is 8.94 Å². The van der Waals surface area contributed by atoms with E-state index in [0.717, 1.165) is 18.2 Å². The summed E-state index contributed by atoms with van der Waals surface area (Å²) in [7, 11) is -4.48. The van der Waals surface area contributed by atoms with Gasteiger partial charge in [-0.25, -0.2) is 4.39 Å². The van der Waals surface area contributed by atoms with Crippen LogP contribution in [0.15, 0.2) is 23.1 Å². The van der Waals surface area contributed by atoms with Crippen molar-refractivity contribution in [2.24, 2.45) is 0 Å². The van der Waals surface area contributed by atoms with Gasteiger partial charge in [-0.2, -0.15) is 8.42 Å². The van der Waals surface area contributed by atoms with Gasteiger partial charge in [-0.1, -0.05) is 6.07 Å². The summed E-state index contributed by atoms with van der Waals surface area (Å²) in [5, 5.41) is 0. The van der Waals surface area contributed by atoms with Crippen LogP contribution in [-0.4, -0.2) is 19.6 Å². The summed E-state index contributed by atoms with van der Waals surface area (Å²) in [5.74, 6) is -0.835. The van der Waals surface area contributed by atoms with E-state index in [1.165, 1.54) is 0 Å². The molecule has 0 saturated heterocycles. The number of hydrogen-bond acceptors (Lipinski definition) is 2. The summed E-state index contributed by atoms with van der Waals surface area (Å²) >= 11 is 0. The quantitative estimate of drug-likeness (QED) is 0.790. The van der Waals surface area contributed by atoms with Gasteiger partial charge in [0.2, 0.25) is 0 Å². The molecule has 0 radical (unpaired) electrons. The van der Waals surface area contributed by atoms with E-state index in [-0.39, 0.29) is 12.0 Å². The fraction of sp³-hybridized carbons (Fsp3) is 0.250. The molecule has 0 bridgehead atoms. The maximum atomic E-state index is 13.0. The van der Waals surface area contributed by atoms with Crippen LogP contribution < -0.4 is 0 Å². The first-order valence-electron chi connectivity index (χ1n) is 3.77. The van der Waals surface area contributed by atoms with E-state index < -0.39 is 27.5 Å². The lowest BCUT2D eigenvalue weighted by Gasteiger charge is -2.05. The van der Waals surface area contributed by atoms with Gasteiger partial charge < -0.3 is 0 Å². The Balaban J connectivity index is 3.36. The van der Waals surface area contributed by atoms with Crippen LogP contribution in [0.5, 0.6) is 0 Å². The number of rotatable bonds is 3. The summed E-state index contributed by atoms with van der Waals surface area (Å²) in [6.07, 6.45) is -0.373. The molecule has 0 aromatic heterocycles. The molecule has 6 heteroatoms. The fourth-order valence-electron chi connectivity index (χ4n) is 1.12. The molecule has 1 aromatic carbocycles. The minimum atomic E-state index is -4.48. The van der Waals surface area contributed by atoms with Crippen molar-refractivity contribution in [2.45, 2.75) is 11.3 Å². The molecule has 0 heterocycles. The maximum absolute atomic E-state index is 13.0. The third kappa shape index (κ3) is 2.27. The lowest BCUT2D eigenvalue weighted by atomic mass is 10.1. The van der Waals surface area contributed by atoms with Crippen molar-refractivity contribution >= 4 is 10.1 Å². The minimum absolute atomic E-state index is 0.322. The lowest BCUT2D eigenvalue weighted by molar-refractivity contribution is 0.468. The third-order valence-electron chi connectivity index (χ3n) is 1.70. The van der Waals surface area contributed by atoms with E-state index in [0.29, 0.717) is 0 Å². The Bertz CT molecular complexity index is 428. The average molecular weight is 222 g/mol. The molecule has 1 aromatic rings. The van der Waals surface area contributed by atoms with E-state index in [1.54, 1.807) is 0 Å². The first kappa shape index (κ1) is 11.1. The van der Waals surface area contributed by atoms with Crippen LogP contribution in [0.1, 0.15) is 5.56 Å². The lowest BCUT2D eigenvalue weighted by Crippen LogP contribution is -2.06. The van der Waals surface area contributed by atoms with Gasteiger partial charge in [0, 0.05) is 12.0 Å². The number of benzene rings is 1. The van der Waals surface area contributed by atoms with Crippen molar-refractivity contribution in [1.82, 2.24) is 0 Å². The predicted molar refractivity (Wildman–Crippen MR) is 45.9 cm³/mol. The molecule has 0 unspecified atom stereocenters. The highest BCUT2D eigenvalue weighted by molar-refractivity contribution is 7.85. The average Bonchev–Trinajstić information content (AvgIpc) is 2.07. The first-order valence-corrected chi connectivity index (χ1v) is 5.21. The van der Waals surface area contributed by atoms with Crippen molar-refractivity contribution in [3.8, 4) is 0 Å². The van der Waals surface area contributed by atoms with Crippen molar-refractivity contribution in [3.63, 3.8) is 0 Å². The van der Waals surface area contributed by atoms with Gasteiger partial charge in [-0.15, -0.1) is 0 Å². The molecule has 1 N–H and O–H groups in total. The van der Waals surface area contributed by atoms with Crippen molar-refractivity contribution < 1.29 is 21.8 Å². The SMILES string of the molecule is O=S(=O)(O)c1cccc(F)c1CCF.